The van der Waals surface area contributed by atoms with Crippen LogP contribution in [0.1, 0.15) is 29.6 Å². The predicted molar refractivity (Wildman–Crippen MR) is 86.0 cm³/mol. The number of rotatable bonds is 6. The van der Waals surface area contributed by atoms with Gasteiger partial charge in [-0.3, -0.25) is 9.59 Å². The van der Waals surface area contributed by atoms with Gasteiger partial charge in [-0.2, -0.15) is 0 Å². The molecule has 1 unspecified atom stereocenters. The summed E-state index contributed by atoms with van der Waals surface area (Å²) in [6.07, 6.45) is 6.90. The minimum Gasteiger partial charge on any atom is -0.354 e. The Hall–Kier alpha value is -1.62. The first-order valence-electron chi connectivity index (χ1n) is 7.12. The van der Waals surface area contributed by atoms with E-state index in [0.717, 1.165) is 17.3 Å². The third-order valence-electron chi connectivity index (χ3n) is 3.38. The van der Waals surface area contributed by atoms with Crippen molar-refractivity contribution in [3.8, 4) is 0 Å². The van der Waals surface area contributed by atoms with Crippen LogP contribution < -0.4 is 10.6 Å². The van der Waals surface area contributed by atoms with Crippen LogP contribution in [0.5, 0.6) is 0 Å². The number of benzene rings is 1. The molecule has 1 aromatic rings. The largest absolute Gasteiger partial charge is 0.354 e. The second kappa shape index (κ2) is 7.98. The highest BCUT2D eigenvalue weighted by Gasteiger charge is 2.13. The molecule has 4 nitrogen and oxygen atoms in total. The first-order chi connectivity index (χ1) is 10.1. The van der Waals surface area contributed by atoms with Crippen molar-refractivity contribution >= 4 is 27.7 Å². The van der Waals surface area contributed by atoms with Gasteiger partial charge in [0, 0.05) is 29.5 Å². The molecule has 21 heavy (non-hydrogen) atoms. The molecule has 0 radical (unpaired) electrons. The highest BCUT2D eigenvalue weighted by Crippen LogP contribution is 2.19. The lowest BCUT2D eigenvalue weighted by Gasteiger charge is -2.09. The Morgan fingerprint density at radius 3 is 2.76 bits per heavy atom. The van der Waals surface area contributed by atoms with Crippen molar-refractivity contribution in [3.63, 3.8) is 0 Å². The van der Waals surface area contributed by atoms with Crippen molar-refractivity contribution in [2.24, 2.45) is 5.92 Å². The van der Waals surface area contributed by atoms with Crippen molar-refractivity contribution in [2.75, 3.05) is 13.1 Å². The van der Waals surface area contributed by atoms with E-state index < -0.39 is 0 Å². The summed E-state index contributed by atoms with van der Waals surface area (Å²) in [6.45, 7) is 0.882. The summed E-state index contributed by atoms with van der Waals surface area (Å²) in [4.78, 5) is 23.6. The molecule has 0 spiro atoms. The van der Waals surface area contributed by atoms with Crippen LogP contribution in [-0.2, 0) is 4.79 Å². The van der Waals surface area contributed by atoms with E-state index in [9.17, 15) is 9.59 Å². The second-order valence-corrected chi connectivity index (χ2v) is 6.00. The molecule has 1 aliphatic carbocycles. The van der Waals surface area contributed by atoms with Gasteiger partial charge in [-0.1, -0.05) is 34.1 Å². The van der Waals surface area contributed by atoms with E-state index in [0.29, 0.717) is 31.0 Å². The molecule has 5 heteroatoms. The Kier molecular flexibility index (Phi) is 5.99. The normalized spacial score (nSPS) is 16.7. The van der Waals surface area contributed by atoms with Crippen LogP contribution in [0.2, 0.25) is 0 Å². The van der Waals surface area contributed by atoms with Crippen LogP contribution in [0.25, 0.3) is 0 Å². The molecule has 1 atom stereocenters. The van der Waals surface area contributed by atoms with E-state index in [1.807, 2.05) is 12.1 Å². The van der Waals surface area contributed by atoms with Crippen LogP contribution in [0.15, 0.2) is 40.9 Å². The maximum absolute atomic E-state index is 11.9. The first-order valence-corrected chi connectivity index (χ1v) is 7.91. The van der Waals surface area contributed by atoms with Crippen molar-refractivity contribution in [3.05, 3.63) is 46.5 Å². The monoisotopic (exact) mass is 350 g/mol. The summed E-state index contributed by atoms with van der Waals surface area (Å²) in [5.41, 5.74) is 0.604. The fraction of sp³-hybridized carbons (Fsp3) is 0.375. The lowest BCUT2D eigenvalue weighted by atomic mass is 10.1. The number of hydrogen-bond acceptors (Lipinski definition) is 2. The van der Waals surface area contributed by atoms with Gasteiger partial charge >= 0.3 is 0 Å². The predicted octanol–water partition coefficient (Wildman–Crippen LogP) is 2.65. The van der Waals surface area contributed by atoms with Gasteiger partial charge in [0.05, 0.1) is 0 Å². The topological polar surface area (TPSA) is 58.2 Å². The zero-order valence-corrected chi connectivity index (χ0v) is 13.4. The molecule has 1 aliphatic rings. The summed E-state index contributed by atoms with van der Waals surface area (Å²) >= 11 is 3.33. The molecular weight excluding hydrogens is 332 g/mol. The zero-order chi connectivity index (χ0) is 15.1. The van der Waals surface area contributed by atoms with E-state index in [-0.39, 0.29) is 11.8 Å². The van der Waals surface area contributed by atoms with Crippen LogP contribution in [-0.4, -0.2) is 24.9 Å². The van der Waals surface area contributed by atoms with Gasteiger partial charge in [0.2, 0.25) is 5.91 Å². The fourth-order valence-corrected chi connectivity index (χ4v) is 2.68. The minimum atomic E-state index is -0.135. The summed E-state index contributed by atoms with van der Waals surface area (Å²) in [6, 6.07) is 7.20. The Bertz CT molecular complexity index is 543. The Labute approximate surface area is 133 Å². The molecule has 2 amide bonds. The van der Waals surface area contributed by atoms with E-state index >= 15 is 0 Å². The van der Waals surface area contributed by atoms with Gasteiger partial charge in [-0.05, 0) is 37.0 Å². The fourth-order valence-electron chi connectivity index (χ4n) is 2.29. The molecule has 2 N–H and O–H groups in total. The van der Waals surface area contributed by atoms with E-state index in [1.165, 1.54) is 0 Å². The minimum absolute atomic E-state index is 0.0447. The molecule has 0 heterocycles. The molecule has 0 aromatic heterocycles. The average Bonchev–Trinajstić information content (AvgIpc) is 2.96. The lowest BCUT2D eigenvalue weighted by Crippen LogP contribution is -2.35. The number of carbonyl (C=O) groups excluding carboxylic acids is 2. The first kappa shape index (κ1) is 15.8. The van der Waals surface area contributed by atoms with Crippen LogP contribution >= 0.6 is 15.9 Å². The van der Waals surface area contributed by atoms with Gasteiger partial charge in [-0.15, -0.1) is 0 Å². The van der Waals surface area contributed by atoms with Gasteiger partial charge in [0.1, 0.15) is 0 Å². The number of allylic oxidation sites excluding steroid dienone is 2. The van der Waals surface area contributed by atoms with Crippen LogP contribution in [0.3, 0.4) is 0 Å². The van der Waals surface area contributed by atoms with E-state index in [2.05, 4.69) is 38.7 Å². The third-order valence-corrected chi connectivity index (χ3v) is 3.87. The number of hydrogen-bond donors (Lipinski definition) is 2. The summed E-state index contributed by atoms with van der Waals surface area (Å²) in [5, 5.41) is 5.62. The van der Waals surface area contributed by atoms with E-state index in [1.54, 1.807) is 12.1 Å². The average molecular weight is 351 g/mol. The Morgan fingerprint density at radius 1 is 1.24 bits per heavy atom. The Balaban J connectivity index is 1.64. The number of nitrogens with one attached hydrogen (secondary N) is 2. The van der Waals surface area contributed by atoms with Gasteiger partial charge in [0.15, 0.2) is 0 Å². The van der Waals surface area contributed by atoms with Crippen molar-refractivity contribution in [1.29, 1.82) is 0 Å². The van der Waals surface area contributed by atoms with Crippen LogP contribution in [0, 0.1) is 5.92 Å². The van der Waals surface area contributed by atoms with Gasteiger partial charge in [0.25, 0.3) is 5.91 Å². The highest BCUT2D eigenvalue weighted by atomic mass is 79.9. The smallest absolute Gasteiger partial charge is 0.251 e. The van der Waals surface area contributed by atoms with Crippen LogP contribution in [0.4, 0.5) is 0 Å². The van der Waals surface area contributed by atoms with Crippen molar-refractivity contribution < 1.29 is 9.59 Å². The summed E-state index contributed by atoms with van der Waals surface area (Å²) < 4.78 is 0.869. The summed E-state index contributed by atoms with van der Waals surface area (Å²) in [7, 11) is 0. The molecule has 112 valence electrons. The molecule has 0 bridgehead atoms. The van der Waals surface area contributed by atoms with Crippen molar-refractivity contribution in [1.82, 2.24) is 10.6 Å². The molecule has 2 rings (SSSR count). The van der Waals surface area contributed by atoms with Gasteiger partial charge in [-0.25, -0.2) is 0 Å². The summed E-state index contributed by atoms with van der Waals surface area (Å²) in [5.74, 6) is 0.286. The molecule has 0 fully saturated rings. The SMILES string of the molecule is O=C(CC1C=CCC1)NCCNC(=O)c1cccc(Br)c1. The van der Waals surface area contributed by atoms with Crippen molar-refractivity contribution in [2.45, 2.75) is 19.3 Å². The Morgan fingerprint density at radius 2 is 2.05 bits per heavy atom. The lowest BCUT2D eigenvalue weighted by molar-refractivity contribution is -0.121. The van der Waals surface area contributed by atoms with Gasteiger partial charge < -0.3 is 10.6 Å². The number of halogens is 1. The third kappa shape index (κ3) is 5.34. The molecule has 0 saturated heterocycles. The maximum Gasteiger partial charge on any atom is 0.251 e. The maximum atomic E-state index is 11.9. The molecule has 0 aliphatic heterocycles. The highest BCUT2D eigenvalue weighted by molar-refractivity contribution is 9.10. The standard InChI is InChI=1S/C16H19BrN2O2/c17-14-7-3-6-13(11-14)16(21)19-9-8-18-15(20)10-12-4-1-2-5-12/h1,3-4,6-7,11-12H,2,5,8-10H2,(H,18,20)(H,19,21). The zero-order valence-electron chi connectivity index (χ0n) is 11.8. The second-order valence-electron chi connectivity index (χ2n) is 5.09. The quantitative estimate of drug-likeness (QED) is 0.612. The molecule has 0 saturated carbocycles. The molecule has 1 aromatic carbocycles. The van der Waals surface area contributed by atoms with E-state index in [4.69, 9.17) is 0 Å². The molecular formula is C16H19BrN2O2. The number of amides is 2. The number of carbonyl (C=O) groups is 2.